The summed E-state index contributed by atoms with van der Waals surface area (Å²) in [5, 5.41) is 6.20. The van der Waals surface area contributed by atoms with Crippen LogP contribution in [0.2, 0.25) is 5.02 Å². The number of hydrogen-bond donors (Lipinski definition) is 2. The quantitative estimate of drug-likeness (QED) is 0.659. The third-order valence-electron chi connectivity index (χ3n) is 6.19. The molecule has 4 amide bonds. The van der Waals surface area contributed by atoms with Gasteiger partial charge in [-0.15, -0.1) is 0 Å². The van der Waals surface area contributed by atoms with Crippen LogP contribution in [0.4, 0.5) is 4.79 Å². The monoisotopic (exact) mass is 482 g/mol. The smallest absolute Gasteiger partial charge is 0.322 e. The van der Waals surface area contributed by atoms with Crippen LogP contribution in [0.5, 0.6) is 11.5 Å². The van der Waals surface area contributed by atoms with Gasteiger partial charge in [-0.25, -0.2) is 4.79 Å². The molecule has 0 aromatic heterocycles. The summed E-state index contributed by atoms with van der Waals surface area (Å²) in [5.74, 6) is 0.953. The zero-order valence-electron chi connectivity index (χ0n) is 18.5. The number of halogens is 1. The van der Waals surface area contributed by atoms with Crippen molar-refractivity contribution in [2.75, 3.05) is 26.9 Å². The van der Waals surface area contributed by atoms with Crippen molar-refractivity contribution in [1.82, 2.24) is 20.4 Å². The molecule has 3 aliphatic rings. The molecule has 1 atom stereocenters. The standard InChI is InChI=1S/C24H23ClN4O5/c1-28-17-12-29(9-8-20(30)26-11-14-6-7-18-19(10-14)34-13-33-18)23(31)21(17)22(27-24(28)32)15-4-2-3-5-16(15)25/h2-7,10,22H,8-9,11-13H2,1H3,(H,26,30)(H,27,32). The Morgan fingerprint density at radius 1 is 1.18 bits per heavy atom. The first-order valence-corrected chi connectivity index (χ1v) is 11.3. The molecule has 0 aliphatic carbocycles. The Morgan fingerprint density at radius 2 is 1.97 bits per heavy atom. The van der Waals surface area contributed by atoms with Crippen LogP contribution in [0, 0.1) is 0 Å². The number of nitrogens with zero attached hydrogens (tertiary/aromatic N) is 2. The van der Waals surface area contributed by atoms with Gasteiger partial charge in [0.05, 0.1) is 23.9 Å². The fourth-order valence-corrected chi connectivity index (χ4v) is 4.57. The molecule has 2 N–H and O–H groups in total. The topological polar surface area (TPSA) is 100 Å². The maximum Gasteiger partial charge on any atom is 0.322 e. The van der Waals surface area contributed by atoms with Gasteiger partial charge >= 0.3 is 6.03 Å². The Labute approximate surface area is 201 Å². The Balaban J connectivity index is 1.22. The average molecular weight is 483 g/mol. The van der Waals surface area contributed by atoms with Crippen molar-refractivity contribution in [3.63, 3.8) is 0 Å². The Hall–Kier alpha value is -3.72. The van der Waals surface area contributed by atoms with Gasteiger partial charge < -0.3 is 25.0 Å². The zero-order chi connectivity index (χ0) is 23.8. The Kier molecular flexibility index (Phi) is 5.79. The minimum Gasteiger partial charge on any atom is -0.454 e. The second kappa shape index (κ2) is 8.90. The van der Waals surface area contributed by atoms with E-state index in [4.69, 9.17) is 21.1 Å². The summed E-state index contributed by atoms with van der Waals surface area (Å²) >= 11 is 6.36. The van der Waals surface area contributed by atoms with Crippen LogP contribution in [0.25, 0.3) is 0 Å². The average Bonchev–Trinajstić information content (AvgIpc) is 3.43. The SMILES string of the molecule is CN1C(=O)NC(c2ccccc2Cl)C2=C1CN(CCC(=O)NCc1ccc3c(c1)OCO3)C2=O. The highest BCUT2D eigenvalue weighted by Gasteiger charge is 2.43. The Bertz CT molecular complexity index is 1210. The molecule has 3 heterocycles. The number of nitrogens with one attached hydrogen (secondary N) is 2. The summed E-state index contributed by atoms with van der Waals surface area (Å²) < 4.78 is 10.7. The largest absolute Gasteiger partial charge is 0.454 e. The minimum atomic E-state index is -0.635. The van der Waals surface area contributed by atoms with E-state index in [0.717, 1.165) is 5.56 Å². The number of carbonyl (C=O) groups is 3. The van der Waals surface area contributed by atoms with E-state index >= 15 is 0 Å². The van der Waals surface area contributed by atoms with E-state index in [2.05, 4.69) is 10.6 Å². The second-order valence-electron chi connectivity index (χ2n) is 8.26. The minimum absolute atomic E-state index is 0.138. The number of carbonyl (C=O) groups excluding carboxylic acids is 3. The lowest BCUT2D eigenvalue weighted by Gasteiger charge is -2.31. The maximum atomic E-state index is 13.3. The van der Waals surface area contributed by atoms with Gasteiger partial charge in [-0.05, 0) is 29.3 Å². The van der Waals surface area contributed by atoms with Crippen molar-refractivity contribution in [3.8, 4) is 11.5 Å². The number of likely N-dealkylation sites (N-methyl/N-ethyl adjacent to an activating group) is 1. The molecule has 2 aromatic rings. The first kappa shape index (κ1) is 22.1. The predicted octanol–water partition coefficient (Wildman–Crippen LogP) is 2.57. The van der Waals surface area contributed by atoms with Gasteiger partial charge in [0.25, 0.3) is 5.91 Å². The molecule has 0 saturated heterocycles. The molecule has 34 heavy (non-hydrogen) atoms. The molecule has 0 radical (unpaired) electrons. The highest BCUT2D eigenvalue weighted by Crippen LogP contribution is 2.38. The van der Waals surface area contributed by atoms with Crippen LogP contribution in [-0.2, 0) is 16.1 Å². The first-order chi connectivity index (χ1) is 16.4. The first-order valence-electron chi connectivity index (χ1n) is 10.9. The predicted molar refractivity (Wildman–Crippen MR) is 123 cm³/mol. The summed E-state index contributed by atoms with van der Waals surface area (Å²) in [4.78, 5) is 41.3. The van der Waals surface area contributed by atoms with Crippen molar-refractivity contribution in [2.24, 2.45) is 0 Å². The molecule has 1 unspecified atom stereocenters. The molecular weight excluding hydrogens is 460 g/mol. The van der Waals surface area contributed by atoms with E-state index in [-0.39, 0.29) is 44.1 Å². The highest BCUT2D eigenvalue weighted by molar-refractivity contribution is 6.31. The number of rotatable bonds is 6. The van der Waals surface area contributed by atoms with Gasteiger partial charge in [0.15, 0.2) is 11.5 Å². The van der Waals surface area contributed by atoms with E-state index in [0.29, 0.717) is 39.9 Å². The lowest BCUT2D eigenvalue weighted by atomic mass is 9.95. The zero-order valence-corrected chi connectivity index (χ0v) is 19.2. The molecule has 9 nitrogen and oxygen atoms in total. The number of hydrogen-bond acceptors (Lipinski definition) is 5. The normalized spacial score (nSPS) is 18.8. The lowest BCUT2D eigenvalue weighted by molar-refractivity contribution is -0.127. The number of fused-ring (bicyclic) bond motifs is 1. The molecule has 0 fully saturated rings. The summed E-state index contributed by atoms with van der Waals surface area (Å²) in [6.07, 6.45) is 0.138. The third-order valence-corrected chi connectivity index (χ3v) is 6.53. The van der Waals surface area contributed by atoms with E-state index in [1.165, 1.54) is 4.90 Å². The molecule has 10 heteroatoms. The van der Waals surface area contributed by atoms with Crippen LogP contribution in [0.15, 0.2) is 53.7 Å². The van der Waals surface area contributed by atoms with E-state index in [1.807, 2.05) is 24.3 Å². The van der Waals surface area contributed by atoms with Gasteiger partial charge in [-0.2, -0.15) is 0 Å². The van der Waals surface area contributed by atoms with Crippen LogP contribution in [0.3, 0.4) is 0 Å². The number of amides is 4. The summed E-state index contributed by atoms with van der Waals surface area (Å²) in [6.45, 7) is 1.03. The number of ether oxygens (including phenoxy) is 2. The van der Waals surface area contributed by atoms with Crippen LogP contribution in [-0.4, -0.2) is 54.6 Å². The Morgan fingerprint density at radius 3 is 2.79 bits per heavy atom. The maximum absolute atomic E-state index is 13.3. The van der Waals surface area contributed by atoms with Crippen LogP contribution < -0.4 is 20.1 Å². The molecular formula is C24H23ClN4O5. The third kappa shape index (κ3) is 4.03. The van der Waals surface area contributed by atoms with Crippen LogP contribution >= 0.6 is 11.6 Å². The molecule has 5 rings (SSSR count). The van der Waals surface area contributed by atoms with E-state index in [1.54, 1.807) is 30.1 Å². The molecule has 176 valence electrons. The van der Waals surface area contributed by atoms with Crippen molar-refractivity contribution in [2.45, 2.75) is 19.0 Å². The fourth-order valence-electron chi connectivity index (χ4n) is 4.32. The van der Waals surface area contributed by atoms with Crippen molar-refractivity contribution < 1.29 is 23.9 Å². The molecule has 0 spiro atoms. The van der Waals surface area contributed by atoms with Crippen LogP contribution in [0.1, 0.15) is 23.6 Å². The lowest BCUT2D eigenvalue weighted by Crippen LogP contribution is -2.45. The fraction of sp³-hybridized carbons (Fsp3) is 0.292. The highest BCUT2D eigenvalue weighted by atomic mass is 35.5. The summed E-state index contributed by atoms with van der Waals surface area (Å²) in [6, 6.07) is 11.7. The molecule has 0 saturated carbocycles. The van der Waals surface area contributed by atoms with Crippen molar-refractivity contribution in [3.05, 3.63) is 69.9 Å². The molecule has 3 aliphatic heterocycles. The van der Waals surface area contributed by atoms with E-state index in [9.17, 15) is 14.4 Å². The molecule has 2 aromatic carbocycles. The van der Waals surface area contributed by atoms with Gasteiger partial charge in [0.2, 0.25) is 12.7 Å². The summed E-state index contributed by atoms with van der Waals surface area (Å²) in [5.41, 5.74) is 2.66. The van der Waals surface area contributed by atoms with Gasteiger partial charge in [0.1, 0.15) is 0 Å². The van der Waals surface area contributed by atoms with Crippen molar-refractivity contribution >= 4 is 29.4 Å². The number of urea groups is 1. The number of benzene rings is 2. The van der Waals surface area contributed by atoms with Gasteiger partial charge in [-0.1, -0.05) is 35.9 Å². The van der Waals surface area contributed by atoms with Crippen molar-refractivity contribution in [1.29, 1.82) is 0 Å². The van der Waals surface area contributed by atoms with E-state index < -0.39 is 6.04 Å². The van der Waals surface area contributed by atoms with Gasteiger partial charge in [-0.3, -0.25) is 14.5 Å². The summed E-state index contributed by atoms with van der Waals surface area (Å²) in [7, 11) is 1.63. The molecule has 0 bridgehead atoms. The van der Waals surface area contributed by atoms with Gasteiger partial charge in [0, 0.05) is 31.6 Å². The second-order valence-corrected chi connectivity index (χ2v) is 8.67.